The van der Waals surface area contributed by atoms with Gasteiger partial charge in [-0.1, -0.05) is 42.8 Å². The van der Waals surface area contributed by atoms with Crippen molar-refractivity contribution in [3.8, 4) is 0 Å². The first-order chi connectivity index (χ1) is 13.8. The van der Waals surface area contributed by atoms with E-state index in [0.29, 0.717) is 0 Å². The first-order valence-electron chi connectivity index (χ1n) is 10.2. The summed E-state index contributed by atoms with van der Waals surface area (Å²) in [7, 11) is -1.29. The zero-order chi connectivity index (χ0) is 21.3. The summed E-state index contributed by atoms with van der Waals surface area (Å²) >= 11 is 1.55. The average Bonchev–Trinajstić information content (AvgIpc) is 3.28. The van der Waals surface area contributed by atoms with Gasteiger partial charge >= 0.3 is 41.3 Å². The quantitative estimate of drug-likeness (QED) is 0.353. The molecule has 0 aromatic heterocycles. The van der Waals surface area contributed by atoms with Gasteiger partial charge in [-0.25, -0.2) is 6.08 Å². The second-order valence-electron chi connectivity index (χ2n) is 8.36. The van der Waals surface area contributed by atoms with E-state index in [1.165, 1.54) is 30.3 Å². The van der Waals surface area contributed by atoms with Crippen LogP contribution in [0, 0.1) is 6.08 Å². The van der Waals surface area contributed by atoms with Crippen LogP contribution in [0.15, 0.2) is 72.3 Å². The van der Waals surface area contributed by atoms with Gasteiger partial charge in [0, 0.05) is 6.61 Å². The maximum Gasteiger partial charge on any atom is 0.183 e. The summed E-state index contributed by atoms with van der Waals surface area (Å²) in [4.78, 5) is 0. The SMILES string of the molecule is C[C](C)=[Zr+2].C[Si](C)(C)OCCC1=CC[C-]=C1.[Cl-].[Cl-].c1ccc2c(c1)[cH-]c1ccccc12. The van der Waals surface area contributed by atoms with Crippen LogP contribution in [0.3, 0.4) is 0 Å². The molecule has 0 atom stereocenters. The summed E-state index contributed by atoms with van der Waals surface area (Å²) in [5, 5.41) is 5.39. The van der Waals surface area contributed by atoms with Crippen LogP contribution in [-0.2, 0) is 28.7 Å². The van der Waals surface area contributed by atoms with E-state index in [-0.39, 0.29) is 24.8 Å². The summed E-state index contributed by atoms with van der Waals surface area (Å²) in [6, 6.07) is 19.3. The van der Waals surface area contributed by atoms with Crippen LogP contribution in [0.1, 0.15) is 26.7 Å². The van der Waals surface area contributed by atoms with Gasteiger partial charge in [-0.15, -0.1) is 46.2 Å². The molecule has 31 heavy (non-hydrogen) atoms. The van der Waals surface area contributed by atoms with E-state index < -0.39 is 8.32 Å². The van der Waals surface area contributed by atoms with Crippen molar-refractivity contribution >= 4 is 33.1 Å². The maximum atomic E-state index is 5.74. The Morgan fingerprint density at radius 1 is 0.968 bits per heavy atom. The van der Waals surface area contributed by atoms with Crippen molar-refractivity contribution in [1.29, 1.82) is 0 Å². The van der Waals surface area contributed by atoms with Crippen LogP contribution in [0.4, 0.5) is 0 Å². The van der Waals surface area contributed by atoms with Crippen molar-refractivity contribution in [3.05, 3.63) is 78.4 Å². The minimum atomic E-state index is -1.29. The van der Waals surface area contributed by atoms with E-state index in [1.807, 2.05) is 0 Å². The minimum absolute atomic E-state index is 0. The summed E-state index contributed by atoms with van der Waals surface area (Å²) < 4.78 is 7.25. The third kappa shape index (κ3) is 11.6. The fourth-order valence-corrected chi connectivity index (χ4v) is 3.71. The molecule has 0 amide bonds. The Morgan fingerprint density at radius 2 is 1.45 bits per heavy atom. The van der Waals surface area contributed by atoms with E-state index in [0.717, 1.165) is 19.4 Å². The van der Waals surface area contributed by atoms with Crippen molar-refractivity contribution in [2.75, 3.05) is 6.61 Å². The molecule has 0 N–H and O–H groups in total. The Balaban J connectivity index is 0.000000473. The molecule has 1 aliphatic carbocycles. The number of hydrogen-bond acceptors (Lipinski definition) is 1. The van der Waals surface area contributed by atoms with Gasteiger partial charge in [0.15, 0.2) is 8.32 Å². The molecule has 0 heterocycles. The molecule has 0 saturated carbocycles. The molecule has 0 bridgehead atoms. The van der Waals surface area contributed by atoms with Crippen molar-refractivity contribution in [3.63, 3.8) is 0 Å². The minimum Gasteiger partial charge on any atom is -1.00 e. The fraction of sp³-hybridized carbons (Fsp3) is 0.308. The molecule has 4 rings (SSSR count). The number of benzene rings is 2. The average molecular weight is 551 g/mol. The van der Waals surface area contributed by atoms with E-state index in [9.17, 15) is 0 Å². The molecule has 0 radical (unpaired) electrons. The van der Waals surface area contributed by atoms with E-state index in [4.69, 9.17) is 4.43 Å². The van der Waals surface area contributed by atoms with Gasteiger partial charge in [0.05, 0.1) is 0 Å². The number of fused-ring (bicyclic) bond motifs is 3. The molecular weight excluding hydrogens is 519 g/mol. The van der Waals surface area contributed by atoms with E-state index in [2.05, 4.69) is 106 Å². The van der Waals surface area contributed by atoms with Crippen LogP contribution in [0.5, 0.6) is 0 Å². The second-order valence-corrected chi connectivity index (χ2v) is 15.3. The Labute approximate surface area is 216 Å². The molecule has 3 aromatic carbocycles. The first-order valence-corrected chi connectivity index (χ1v) is 14.8. The molecule has 0 fully saturated rings. The number of hydrogen-bond donors (Lipinski definition) is 0. The van der Waals surface area contributed by atoms with Gasteiger partial charge in [-0.3, -0.25) is 6.08 Å². The van der Waals surface area contributed by atoms with Crippen LogP contribution < -0.4 is 24.8 Å². The Morgan fingerprint density at radius 3 is 1.87 bits per heavy atom. The van der Waals surface area contributed by atoms with Gasteiger partial charge in [0.1, 0.15) is 0 Å². The van der Waals surface area contributed by atoms with Crippen LogP contribution in [0.2, 0.25) is 19.6 Å². The monoisotopic (exact) mass is 548 g/mol. The Kier molecular flexibility index (Phi) is 14.9. The van der Waals surface area contributed by atoms with E-state index in [1.54, 1.807) is 24.2 Å². The standard InChI is InChI=1S/C13H9.C10H17OSi.C3H6.2ClH.Zr/c1-3-7-12-10(5-1)9-11-6-2-4-8-13(11)12;1-12(2,3)11-9-8-10-6-4-5-7-10;1-3-2;;;/h1-9H;6-7H,4,8-9H2,1-3H3;1-2H3;2*1H;/q2*-1;;;;+2/p-2. The first kappa shape index (κ1) is 30.3. The number of rotatable bonds is 4. The largest absolute Gasteiger partial charge is 1.00 e. The number of halogens is 2. The van der Waals surface area contributed by atoms with Crippen molar-refractivity contribution in [2.45, 2.75) is 46.3 Å². The molecular formula is C26H32Cl2OSiZr-2. The second kappa shape index (κ2) is 15.2. The molecule has 5 heteroatoms. The molecule has 0 saturated heterocycles. The molecule has 0 spiro atoms. The summed E-state index contributed by atoms with van der Waals surface area (Å²) in [6.45, 7) is 11.8. The van der Waals surface area contributed by atoms with Crippen molar-refractivity contribution in [2.24, 2.45) is 0 Å². The summed E-state index contributed by atoms with van der Waals surface area (Å²) in [5.41, 5.74) is 1.38. The molecule has 166 valence electrons. The van der Waals surface area contributed by atoms with Gasteiger partial charge < -0.3 is 29.2 Å². The molecule has 0 aliphatic heterocycles. The molecule has 1 nitrogen and oxygen atoms in total. The van der Waals surface area contributed by atoms with E-state index >= 15 is 0 Å². The molecule has 3 aromatic rings. The van der Waals surface area contributed by atoms with Crippen LogP contribution >= 0.6 is 0 Å². The molecule has 1 aliphatic rings. The fourth-order valence-electron chi connectivity index (χ4n) is 2.99. The van der Waals surface area contributed by atoms with Gasteiger partial charge in [-0.2, -0.15) is 11.6 Å². The van der Waals surface area contributed by atoms with Gasteiger partial charge in [0.25, 0.3) is 0 Å². The summed E-state index contributed by atoms with van der Waals surface area (Å²) in [5.74, 6) is 0. The molecule has 0 unspecified atom stereocenters. The predicted molar refractivity (Wildman–Crippen MR) is 128 cm³/mol. The number of allylic oxidation sites excluding steroid dienone is 3. The van der Waals surface area contributed by atoms with Crippen molar-refractivity contribution in [1.82, 2.24) is 0 Å². The third-order valence-electron chi connectivity index (χ3n) is 4.22. The summed E-state index contributed by atoms with van der Waals surface area (Å²) in [6.07, 6.45) is 9.49. The Hall–Kier alpha value is -0.700. The third-order valence-corrected chi connectivity index (χ3v) is 5.29. The zero-order valence-electron chi connectivity index (χ0n) is 19.1. The van der Waals surface area contributed by atoms with Gasteiger partial charge in [-0.05, 0) is 19.6 Å². The topological polar surface area (TPSA) is 9.23 Å². The van der Waals surface area contributed by atoms with Crippen molar-refractivity contribution < 1.29 is 53.5 Å². The maximum absolute atomic E-state index is 5.74. The Bertz CT molecular complexity index is 945. The van der Waals surface area contributed by atoms with Crippen LogP contribution in [-0.4, -0.2) is 18.1 Å². The van der Waals surface area contributed by atoms with Crippen LogP contribution in [0.25, 0.3) is 21.5 Å². The van der Waals surface area contributed by atoms with Gasteiger partial charge in [0.2, 0.25) is 0 Å². The predicted octanol–water partition coefficient (Wildman–Crippen LogP) is 1.38. The normalized spacial score (nSPS) is 12.0. The zero-order valence-corrected chi connectivity index (χ0v) is 24.1. The smallest absolute Gasteiger partial charge is 0.183 e.